The summed E-state index contributed by atoms with van der Waals surface area (Å²) in [6.45, 7) is 6.16. The molecular weight excluding hydrogens is 279 g/mol. The Kier molecular flexibility index (Phi) is 4.30. The SMILES string of the molecule is CCN(C(=O)C1CC1C)C(C)c1cccc(C(F)(F)F)c1. The van der Waals surface area contributed by atoms with E-state index in [-0.39, 0.29) is 17.9 Å². The topological polar surface area (TPSA) is 20.3 Å². The van der Waals surface area contributed by atoms with Crippen LogP contribution in [0.2, 0.25) is 0 Å². The first-order valence-corrected chi connectivity index (χ1v) is 7.23. The molecule has 1 aliphatic carbocycles. The molecule has 1 amide bonds. The molecule has 1 aliphatic rings. The van der Waals surface area contributed by atoms with Crippen molar-refractivity contribution >= 4 is 5.91 Å². The van der Waals surface area contributed by atoms with Crippen LogP contribution < -0.4 is 0 Å². The van der Waals surface area contributed by atoms with Crippen LogP contribution in [0.15, 0.2) is 24.3 Å². The van der Waals surface area contributed by atoms with E-state index in [0.717, 1.165) is 18.6 Å². The Bertz CT molecular complexity index is 526. The quantitative estimate of drug-likeness (QED) is 0.813. The second kappa shape index (κ2) is 5.70. The Labute approximate surface area is 122 Å². The van der Waals surface area contributed by atoms with Crippen molar-refractivity contribution in [2.24, 2.45) is 11.8 Å². The lowest BCUT2D eigenvalue weighted by atomic mass is 10.0. The fourth-order valence-corrected chi connectivity index (χ4v) is 2.65. The monoisotopic (exact) mass is 299 g/mol. The van der Waals surface area contributed by atoms with Gasteiger partial charge in [0.25, 0.3) is 0 Å². The van der Waals surface area contributed by atoms with E-state index in [9.17, 15) is 18.0 Å². The van der Waals surface area contributed by atoms with Crippen LogP contribution >= 0.6 is 0 Å². The van der Waals surface area contributed by atoms with Crippen LogP contribution in [0.1, 0.15) is 44.4 Å². The molecule has 1 aromatic carbocycles. The van der Waals surface area contributed by atoms with Gasteiger partial charge in [0, 0.05) is 12.5 Å². The maximum absolute atomic E-state index is 12.8. The van der Waals surface area contributed by atoms with Crippen LogP contribution in [0.4, 0.5) is 13.2 Å². The molecule has 0 saturated heterocycles. The number of hydrogen-bond donors (Lipinski definition) is 0. The number of nitrogens with zero attached hydrogens (tertiary/aromatic N) is 1. The van der Waals surface area contributed by atoms with E-state index >= 15 is 0 Å². The molecule has 3 atom stereocenters. The summed E-state index contributed by atoms with van der Waals surface area (Å²) < 4.78 is 38.3. The predicted octanol–water partition coefficient (Wildman–Crippen LogP) is 4.27. The van der Waals surface area contributed by atoms with Gasteiger partial charge in [0.1, 0.15) is 0 Å². The third-order valence-corrected chi connectivity index (χ3v) is 4.21. The Morgan fingerprint density at radius 3 is 2.52 bits per heavy atom. The van der Waals surface area contributed by atoms with Crippen molar-refractivity contribution in [3.63, 3.8) is 0 Å². The summed E-state index contributed by atoms with van der Waals surface area (Å²) in [4.78, 5) is 14.0. The molecular formula is C16H20F3NO. The highest BCUT2D eigenvalue weighted by atomic mass is 19.4. The third-order valence-electron chi connectivity index (χ3n) is 4.21. The molecule has 0 N–H and O–H groups in total. The number of alkyl halides is 3. The Morgan fingerprint density at radius 2 is 2.05 bits per heavy atom. The molecule has 2 nitrogen and oxygen atoms in total. The summed E-state index contributed by atoms with van der Waals surface area (Å²) in [6, 6.07) is 4.88. The van der Waals surface area contributed by atoms with Gasteiger partial charge in [-0.1, -0.05) is 19.1 Å². The van der Waals surface area contributed by atoms with Gasteiger partial charge in [-0.05, 0) is 43.9 Å². The van der Waals surface area contributed by atoms with Gasteiger partial charge in [0.15, 0.2) is 0 Å². The normalized spacial score (nSPS) is 22.8. The van der Waals surface area contributed by atoms with Crippen LogP contribution in [0.3, 0.4) is 0 Å². The predicted molar refractivity (Wildman–Crippen MR) is 74.5 cm³/mol. The van der Waals surface area contributed by atoms with Crippen LogP contribution in [0.5, 0.6) is 0 Å². The minimum atomic E-state index is -4.36. The van der Waals surface area contributed by atoms with Gasteiger partial charge >= 0.3 is 6.18 Å². The Balaban J connectivity index is 2.21. The zero-order chi connectivity index (χ0) is 15.8. The number of hydrogen-bond acceptors (Lipinski definition) is 1. The number of benzene rings is 1. The average molecular weight is 299 g/mol. The van der Waals surface area contributed by atoms with Crippen molar-refractivity contribution in [1.29, 1.82) is 0 Å². The number of carbonyl (C=O) groups excluding carboxylic acids is 1. The van der Waals surface area contributed by atoms with Crippen molar-refractivity contribution in [1.82, 2.24) is 4.90 Å². The summed E-state index contributed by atoms with van der Waals surface area (Å²) in [5.74, 6) is 0.480. The third kappa shape index (κ3) is 3.39. The van der Waals surface area contributed by atoms with Gasteiger partial charge in [-0.25, -0.2) is 0 Å². The van der Waals surface area contributed by atoms with Gasteiger partial charge in [-0.2, -0.15) is 13.2 Å². The van der Waals surface area contributed by atoms with Crippen molar-refractivity contribution in [3.8, 4) is 0 Å². The molecule has 21 heavy (non-hydrogen) atoms. The van der Waals surface area contributed by atoms with Gasteiger partial charge in [-0.3, -0.25) is 4.79 Å². The van der Waals surface area contributed by atoms with Crippen molar-refractivity contribution < 1.29 is 18.0 Å². The van der Waals surface area contributed by atoms with Crippen molar-refractivity contribution in [2.45, 2.75) is 39.4 Å². The molecule has 2 rings (SSSR count). The largest absolute Gasteiger partial charge is 0.416 e. The summed E-state index contributed by atoms with van der Waals surface area (Å²) in [6.07, 6.45) is -3.48. The van der Waals surface area contributed by atoms with Crippen LogP contribution in [0.25, 0.3) is 0 Å². The molecule has 0 heterocycles. The molecule has 1 saturated carbocycles. The van der Waals surface area contributed by atoms with Crippen LogP contribution in [0, 0.1) is 11.8 Å². The second-order valence-corrected chi connectivity index (χ2v) is 5.74. The van der Waals surface area contributed by atoms with E-state index in [2.05, 4.69) is 0 Å². The highest BCUT2D eigenvalue weighted by Gasteiger charge is 2.42. The highest BCUT2D eigenvalue weighted by molar-refractivity contribution is 5.82. The fourth-order valence-electron chi connectivity index (χ4n) is 2.65. The van der Waals surface area contributed by atoms with Gasteiger partial charge in [0.05, 0.1) is 11.6 Å². The Hall–Kier alpha value is -1.52. The fraction of sp³-hybridized carbons (Fsp3) is 0.562. The van der Waals surface area contributed by atoms with Gasteiger partial charge < -0.3 is 4.90 Å². The molecule has 5 heteroatoms. The first kappa shape index (κ1) is 15.9. The van der Waals surface area contributed by atoms with Crippen LogP contribution in [-0.4, -0.2) is 17.4 Å². The standard InChI is InChI=1S/C16H20F3NO/c1-4-20(15(21)14-8-10(14)2)11(3)12-6-5-7-13(9-12)16(17,18)19/h5-7,9-11,14H,4,8H2,1-3H3. The Morgan fingerprint density at radius 1 is 1.43 bits per heavy atom. The minimum absolute atomic E-state index is 0.0400. The molecule has 0 bridgehead atoms. The van der Waals surface area contributed by atoms with E-state index in [1.165, 1.54) is 6.07 Å². The average Bonchev–Trinajstić information content (AvgIpc) is 3.15. The molecule has 3 unspecified atom stereocenters. The number of halogens is 3. The summed E-state index contributed by atoms with van der Waals surface area (Å²) in [7, 11) is 0. The van der Waals surface area contributed by atoms with Gasteiger partial charge in [-0.15, -0.1) is 0 Å². The zero-order valence-corrected chi connectivity index (χ0v) is 12.4. The van der Waals surface area contributed by atoms with Gasteiger partial charge in [0.2, 0.25) is 5.91 Å². The number of rotatable bonds is 4. The molecule has 0 radical (unpaired) electrons. The molecule has 0 spiro atoms. The number of carbonyl (C=O) groups is 1. The lowest BCUT2D eigenvalue weighted by molar-refractivity contribution is -0.137. The molecule has 0 aliphatic heterocycles. The van der Waals surface area contributed by atoms with E-state index in [0.29, 0.717) is 18.0 Å². The zero-order valence-electron chi connectivity index (χ0n) is 12.4. The van der Waals surface area contributed by atoms with E-state index in [1.54, 1.807) is 17.9 Å². The first-order chi connectivity index (χ1) is 9.75. The summed E-state index contributed by atoms with van der Waals surface area (Å²) >= 11 is 0. The maximum Gasteiger partial charge on any atom is 0.416 e. The molecule has 1 fully saturated rings. The van der Waals surface area contributed by atoms with Crippen molar-refractivity contribution in [3.05, 3.63) is 35.4 Å². The highest BCUT2D eigenvalue weighted by Crippen LogP contribution is 2.41. The molecule has 1 aromatic rings. The maximum atomic E-state index is 12.8. The summed E-state index contributed by atoms with van der Waals surface area (Å²) in [5, 5.41) is 0. The molecule has 116 valence electrons. The lowest BCUT2D eigenvalue weighted by Gasteiger charge is -2.29. The van der Waals surface area contributed by atoms with Crippen LogP contribution in [-0.2, 0) is 11.0 Å². The second-order valence-electron chi connectivity index (χ2n) is 5.74. The number of amides is 1. The van der Waals surface area contributed by atoms with E-state index < -0.39 is 11.7 Å². The minimum Gasteiger partial charge on any atom is -0.336 e. The van der Waals surface area contributed by atoms with E-state index in [1.807, 2.05) is 13.8 Å². The van der Waals surface area contributed by atoms with Crippen molar-refractivity contribution in [2.75, 3.05) is 6.54 Å². The molecule has 0 aromatic heterocycles. The first-order valence-electron chi connectivity index (χ1n) is 7.23. The summed E-state index contributed by atoms with van der Waals surface area (Å²) in [5.41, 5.74) is -0.150. The van der Waals surface area contributed by atoms with E-state index in [4.69, 9.17) is 0 Å². The lowest BCUT2D eigenvalue weighted by Crippen LogP contribution is -2.35. The smallest absolute Gasteiger partial charge is 0.336 e.